The molecule has 0 bridgehead atoms. The van der Waals surface area contributed by atoms with Gasteiger partial charge in [0.15, 0.2) is 0 Å². The monoisotopic (exact) mass is 249 g/mol. The van der Waals surface area contributed by atoms with Gasteiger partial charge in [-0.3, -0.25) is 4.79 Å². The van der Waals surface area contributed by atoms with Crippen molar-refractivity contribution in [3.8, 4) is 0 Å². The zero-order valence-electron chi connectivity index (χ0n) is 11.1. The van der Waals surface area contributed by atoms with Crippen LogP contribution in [0.25, 0.3) is 0 Å². The number of carbonyl (C=O) groups is 1. The summed E-state index contributed by atoms with van der Waals surface area (Å²) < 4.78 is 0. The molecule has 0 aromatic heterocycles. The van der Waals surface area contributed by atoms with Gasteiger partial charge in [-0.25, -0.2) is 0 Å². The summed E-state index contributed by atoms with van der Waals surface area (Å²) in [6.07, 6.45) is 0.346. The van der Waals surface area contributed by atoms with E-state index in [0.29, 0.717) is 25.4 Å². The lowest BCUT2D eigenvalue weighted by molar-refractivity contribution is -0.120. The lowest BCUT2D eigenvalue weighted by atomic mass is 9.99. The molecule has 18 heavy (non-hydrogen) atoms. The summed E-state index contributed by atoms with van der Waals surface area (Å²) in [5, 5.41) is 2.78. The highest BCUT2D eigenvalue weighted by atomic mass is 16.1. The Bertz CT molecular complexity index is 373. The van der Waals surface area contributed by atoms with E-state index >= 15 is 0 Å². The average Bonchev–Trinajstić information content (AvgIpc) is 2.36. The second-order valence-corrected chi connectivity index (χ2v) is 4.77. The van der Waals surface area contributed by atoms with E-state index in [1.807, 2.05) is 12.1 Å². The summed E-state index contributed by atoms with van der Waals surface area (Å²) in [6, 6.07) is 8.04. The van der Waals surface area contributed by atoms with E-state index in [-0.39, 0.29) is 11.9 Å². The number of amides is 1. The van der Waals surface area contributed by atoms with Crippen molar-refractivity contribution in [3.63, 3.8) is 0 Å². The summed E-state index contributed by atoms with van der Waals surface area (Å²) in [6.45, 7) is 5.12. The van der Waals surface area contributed by atoms with Crippen LogP contribution in [-0.2, 0) is 4.79 Å². The topological polar surface area (TPSA) is 81.1 Å². The first kappa shape index (κ1) is 14.7. The van der Waals surface area contributed by atoms with Gasteiger partial charge in [0, 0.05) is 25.6 Å². The third kappa shape index (κ3) is 4.47. The molecule has 0 aliphatic heterocycles. The largest absolute Gasteiger partial charge is 0.354 e. The third-order valence-corrected chi connectivity index (χ3v) is 2.92. The van der Waals surface area contributed by atoms with E-state index in [1.54, 1.807) is 0 Å². The fraction of sp³-hybridized carbons (Fsp3) is 0.500. The van der Waals surface area contributed by atoms with Crippen LogP contribution in [0.1, 0.15) is 43.4 Å². The Balaban J connectivity index is 2.51. The first-order valence-electron chi connectivity index (χ1n) is 6.36. The van der Waals surface area contributed by atoms with Crippen LogP contribution in [0, 0.1) is 0 Å². The highest BCUT2D eigenvalue weighted by Crippen LogP contribution is 2.17. The van der Waals surface area contributed by atoms with Crippen LogP contribution in [0.3, 0.4) is 0 Å². The zero-order chi connectivity index (χ0) is 13.5. The van der Waals surface area contributed by atoms with Gasteiger partial charge >= 0.3 is 0 Å². The molecule has 0 aliphatic carbocycles. The van der Waals surface area contributed by atoms with Crippen molar-refractivity contribution < 1.29 is 4.79 Å². The normalized spacial score (nSPS) is 12.5. The number of benzene rings is 1. The van der Waals surface area contributed by atoms with Crippen molar-refractivity contribution in [1.82, 2.24) is 5.32 Å². The molecule has 4 nitrogen and oxygen atoms in total. The van der Waals surface area contributed by atoms with Crippen molar-refractivity contribution in [2.75, 3.05) is 13.1 Å². The summed E-state index contributed by atoms with van der Waals surface area (Å²) in [5.41, 5.74) is 13.6. The number of nitrogens with one attached hydrogen (secondary N) is 1. The Morgan fingerprint density at radius 3 is 2.28 bits per heavy atom. The minimum Gasteiger partial charge on any atom is -0.354 e. The predicted molar refractivity (Wildman–Crippen MR) is 74.1 cm³/mol. The number of carbonyl (C=O) groups excluding carboxylic acids is 1. The molecule has 1 unspecified atom stereocenters. The van der Waals surface area contributed by atoms with Gasteiger partial charge in [0.1, 0.15) is 0 Å². The van der Waals surface area contributed by atoms with E-state index in [9.17, 15) is 4.79 Å². The van der Waals surface area contributed by atoms with Crippen LogP contribution in [0.15, 0.2) is 24.3 Å². The lowest BCUT2D eigenvalue weighted by Crippen LogP contribution is -2.32. The molecule has 4 heteroatoms. The van der Waals surface area contributed by atoms with Crippen LogP contribution < -0.4 is 16.8 Å². The molecule has 0 saturated carbocycles. The minimum atomic E-state index is -0.173. The average molecular weight is 249 g/mol. The molecule has 0 heterocycles. The Morgan fingerprint density at radius 1 is 1.22 bits per heavy atom. The van der Waals surface area contributed by atoms with Crippen LogP contribution >= 0.6 is 0 Å². The predicted octanol–water partition coefficient (Wildman–Crippen LogP) is 1.27. The number of nitrogens with two attached hydrogens (primary N) is 2. The maximum absolute atomic E-state index is 11.3. The number of hydrogen-bond donors (Lipinski definition) is 3. The molecule has 0 aliphatic rings. The van der Waals surface area contributed by atoms with Crippen molar-refractivity contribution in [2.24, 2.45) is 11.5 Å². The molecule has 0 fully saturated rings. The summed E-state index contributed by atoms with van der Waals surface area (Å²) in [7, 11) is 0. The summed E-state index contributed by atoms with van der Waals surface area (Å²) in [4.78, 5) is 11.3. The Labute approximate surface area is 109 Å². The molecular formula is C14H23N3O. The Kier molecular flexibility index (Phi) is 5.82. The summed E-state index contributed by atoms with van der Waals surface area (Å²) in [5.74, 6) is 0.464. The van der Waals surface area contributed by atoms with Crippen LogP contribution in [0.2, 0.25) is 0 Å². The molecule has 1 aromatic carbocycles. The molecule has 0 spiro atoms. The Morgan fingerprint density at radius 2 is 1.78 bits per heavy atom. The van der Waals surface area contributed by atoms with Crippen LogP contribution in [-0.4, -0.2) is 19.0 Å². The first-order chi connectivity index (χ1) is 8.54. The first-order valence-corrected chi connectivity index (χ1v) is 6.36. The quantitative estimate of drug-likeness (QED) is 0.710. The standard InChI is InChI=1S/C14H23N3O/c1-10(2)11-3-5-12(6-4-11)13(16)9-17-14(18)7-8-15/h3-6,10,13H,7-9,15-16H2,1-2H3,(H,17,18). The molecule has 0 saturated heterocycles. The van der Waals surface area contributed by atoms with Gasteiger partial charge in [-0.15, -0.1) is 0 Å². The molecule has 5 N–H and O–H groups in total. The third-order valence-electron chi connectivity index (χ3n) is 2.92. The zero-order valence-corrected chi connectivity index (χ0v) is 11.1. The highest BCUT2D eigenvalue weighted by molar-refractivity contribution is 5.76. The fourth-order valence-electron chi connectivity index (χ4n) is 1.69. The van der Waals surface area contributed by atoms with Gasteiger partial charge in [-0.2, -0.15) is 0 Å². The fourth-order valence-corrected chi connectivity index (χ4v) is 1.69. The van der Waals surface area contributed by atoms with E-state index in [2.05, 4.69) is 31.3 Å². The van der Waals surface area contributed by atoms with Crippen molar-refractivity contribution >= 4 is 5.91 Å². The minimum absolute atomic E-state index is 0.0493. The van der Waals surface area contributed by atoms with Gasteiger partial charge in [0.2, 0.25) is 5.91 Å². The van der Waals surface area contributed by atoms with Crippen molar-refractivity contribution in [1.29, 1.82) is 0 Å². The molecule has 0 radical (unpaired) electrons. The highest BCUT2D eigenvalue weighted by Gasteiger charge is 2.08. The maximum Gasteiger partial charge on any atom is 0.221 e. The SMILES string of the molecule is CC(C)c1ccc(C(N)CNC(=O)CCN)cc1. The molecule has 1 rings (SSSR count). The van der Waals surface area contributed by atoms with E-state index in [0.717, 1.165) is 5.56 Å². The van der Waals surface area contributed by atoms with Crippen molar-refractivity contribution in [3.05, 3.63) is 35.4 Å². The molecule has 1 aromatic rings. The maximum atomic E-state index is 11.3. The van der Waals surface area contributed by atoms with Crippen molar-refractivity contribution in [2.45, 2.75) is 32.2 Å². The van der Waals surface area contributed by atoms with Crippen LogP contribution in [0.4, 0.5) is 0 Å². The second-order valence-electron chi connectivity index (χ2n) is 4.77. The number of hydrogen-bond acceptors (Lipinski definition) is 3. The van der Waals surface area contributed by atoms with Gasteiger partial charge < -0.3 is 16.8 Å². The van der Waals surface area contributed by atoms with E-state index < -0.39 is 0 Å². The van der Waals surface area contributed by atoms with Gasteiger partial charge in [-0.05, 0) is 17.0 Å². The number of rotatable bonds is 6. The molecular weight excluding hydrogens is 226 g/mol. The summed E-state index contributed by atoms with van der Waals surface area (Å²) >= 11 is 0. The van der Waals surface area contributed by atoms with Crippen LogP contribution in [0.5, 0.6) is 0 Å². The molecule has 1 amide bonds. The van der Waals surface area contributed by atoms with Gasteiger partial charge in [-0.1, -0.05) is 38.1 Å². The lowest BCUT2D eigenvalue weighted by Gasteiger charge is -2.14. The van der Waals surface area contributed by atoms with Gasteiger partial charge in [0.25, 0.3) is 0 Å². The Hall–Kier alpha value is -1.39. The smallest absolute Gasteiger partial charge is 0.221 e. The molecule has 1 atom stereocenters. The molecule has 100 valence electrons. The second kappa shape index (κ2) is 7.13. The van der Waals surface area contributed by atoms with Gasteiger partial charge in [0.05, 0.1) is 0 Å². The van der Waals surface area contributed by atoms with E-state index in [1.165, 1.54) is 5.56 Å². The van der Waals surface area contributed by atoms with E-state index in [4.69, 9.17) is 11.5 Å².